The van der Waals surface area contributed by atoms with Crippen molar-refractivity contribution in [1.82, 2.24) is 14.6 Å². The summed E-state index contributed by atoms with van der Waals surface area (Å²) in [7, 11) is 0. The van der Waals surface area contributed by atoms with Gasteiger partial charge in [0.05, 0.1) is 16.1 Å². The summed E-state index contributed by atoms with van der Waals surface area (Å²) in [6.45, 7) is 4.07. The lowest BCUT2D eigenvalue weighted by molar-refractivity contribution is 0.880. The van der Waals surface area contributed by atoms with E-state index in [2.05, 4.69) is 22.3 Å². The maximum Gasteiger partial charge on any atom is 0.152 e. The Hall–Kier alpha value is -1.59. The first-order chi connectivity index (χ1) is 9.13. The van der Waals surface area contributed by atoms with Crippen molar-refractivity contribution in [3.8, 4) is 0 Å². The first-order valence-electron chi connectivity index (χ1n) is 5.96. The molecule has 0 aliphatic rings. The molecular weight excluding hydrogens is 280 g/mol. The number of aryl methyl sites for hydroxylation is 1. The van der Waals surface area contributed by atoms with Crippen molar-refractivity contribution < 1.29 is 0 Å². The van der Waals surface area contributed by atoms with Gasteiger partial charge in [0, 0.05) is 17.3 Å². The van der Waals surface area contributed by atoms with E-state index < -0.39 is 0 Å². The minimum Gasteiger partial charge on any atom is -0.361 e. The number of anilines is 1. The molecule has 6 heteroatoms. The largest absolute Gasteiger partial charge is 0.361 e. The van der Waals surface area contributed by atoms with Crippen LogP contribution in [-0.4, -0.2) is 14.6 Å². The van der Waals surface area contributed by atoms with Crippen LogP contribution in [0.5, 0.6) is 0 Å². The third-order valence-electron chi connectivity index (χ3n) is 2.89. The highest BCUT2D eigenvalue weighted by Gasteiger charge is 2.11. The Labute approximate surface area is 120 Å². The van der Waals surface area contributed by atoms with Gasteiger partial charge < -0.3 is 5.32 Å². The fraction of sp³-hybridized carbons (Fsp3) is 0.231. The van der Waals surface area contributed by atoms with Crippen LogP contribution in [0.25, 0.3) is 5.52 Å². The fourth-order valence-electron chi connectivity index (χ4n) is 1.99. The molecule has 0 saturated carbocycles. The highest BCUT2D eigenvalue weighted by atomic mass is 35.5. The molecule has 3 aromatic rings. The predicted molar refractivity (Wildman–Crippen MR) is 79.1 cm³/mol. The second-order valence-corrected chi connectivity index (χ2v) is 6.15. The molecule has 0 aliphatic heterocycles. The van der Waals surface area contributed by atoms with Crippen molar-refractivity contribution >= 4 is 34.3 Å². The van der Waals surface area contributed by atoms with Gasteiger partial charge in [-0.05, 0) is 32.0 Å². The van der Waals surface area contributed by atoms with Gasteiger partial charge in [0.2, 0.25) is 0 Å². The van der Waals surface area contributed by atoms with E-state index in [0.717, 1.165) is 21.4 Å². The zero-order chi connectivity index (χ0) is 13.4. The molecule has 0 amide bonds. The Morgan fingerprint density at radius 3 is 3.00 bits per heavy atom. The molecule has 0 aliphatic carbocycles. The molecule has 0 bridgehead atoms. The van der Waals surface area contributed by atoms with E-state index in [-0.39, 0.29) is 6.04 Å². The maximum absolute atomic E-state index is 5.97. The standard InChI is InChI=1S/C13H13ClN4S/c1-8-7-10-13(15-5-6-18(10)17-8)16-9(2)11-3-4-12(14)19-11/h3-7,9H,1-2H3,(H,15,16). The first kappa shape index (κ1) is 12.4. The molecule has 98 valence electrons. The number of hydrogen-bond donors (Lipinski definition) is 1. The molecule has 1 N–H and O–H groups in total. The van der Waals surface area contributed by atoms with Crippen LogP contribution in [-0.2, 0) is 0 Å². The average molecular weight is 293 g/mol. The summed E-state index contributed by atoms with van der Waals surface area (Å²) in [5.41, 5.74) is 1.96. The predicted octanol–water partition coefficient (Wildman–Crippen LogP) is 3.93. The lowest BCUT2D eigenvalue weighted by Crippen LogP contribution is -2.07. The van der Waals surface area contributed by atoms with Crippen LogP contribution in [0, 0.1) is 6.92 Å². The van der Waals surface area contributed by atoms with Crippen LogP contribution >= 0.6 is 22.9 Å². The van der Waals surface area contributed by atoms with E-state index >= 15 is 0 Å². The number of thiophene rings is 1. The Morgan fingerprint density at radius 2 is 2.26 bits per heavy atom. The second-order valence-electron chi connectivity index (χ2n) is 4.40. The van der Waals surface area contributed by atoms with Gasteiger partial charge in [0.1, 0.15) is 5.52 Å². The van der Waals surface area contributed by atoms with E-state index in [1.807, 2.05) is 35.8 Å². The summed E-state index contributed by atoms with van der Waals surface area (Å²) in [4.78, 5) is 5.58. The van der Waals surface area contributed by atoms with Crippen molar-refractivity contribution in [1.29, 1.82) is 0 Å². The molecule has 0 aromatic carbocycles. The molecule has 0 saturated heterocycles. The van der Waals surface area contributed by atoms with E-state index in [4.69, 9.17) is 11.6 Å². The van der Waals surface area contributed by atoms with Crippen LogP contribution < -0.4 is 5.32 Å². The van der Waals surface area contributed by atoms with Crippen LogP contribution in [0.4, 0.5) is 5.82 Å². The molecule has 0 spiro atoms. The van der Waals surface area contributed by atoms with Crippen molar-refractivity contribution in [2.24, 2.45) is 0 Å². The number of rotatable bonds is 3. The Bertz CT molecular complexity index is 718. The van der Waals surface area contributed by atoms with Crippen molar-refractivity contribution in [3.05, 3.63) is 45.5 Å². The average Bonchev–Trinajstić information content (AvgIpc) is 2.95. The topological polar surface area (TPSA) is 42.2 Å². The SMILES string of the molecule is Cc1cc2c(NC(C)c3ccc(Cl)s3)nccn2n1. The molecule has 3 rings (SSSR count). The van der Waals surface area contributed by atoms with Crippen molar-refractivity contribution in [2.45, 2.75) is 19.9 Å². The highest BCUT2D eigenvalue weighted by molar-refractivity contribution is 7.16. The van der Waals surface area contributed by atoms with Gasteiger partial charge in [-0.25, -0.2) is 9.50 Å². The van der Waals surface area contributed by atoms with Gasteiger partial charge in [-0.1, -0.05) is 11.6 Å². The van der Waals surface area contributed by atoms with Gasteiger partial charge >= 0.3 is 0 Å². The van der Waals surface area contributed by atoms with Gasteiger partial charge in [-0.15, -0.1) is 11.3 Å². The third-order valence-corrected chi connectivity index (χ3v) is 4.30. The lowest BCUT2D eigenvalue weighted by Gasteiger charge is -2.13. The van der Waals surface area contributed by atoms with E-state index in [9.17, 15) is 0 Å². The number of fused-ring (bicyclic) bond motifs is 1. The number of halogens is 1. The minimum absolute atomic E-state index is 0.159. The Balaban J connectivity index is 1.92. The first-order valence-corrected chi connectivity index (χ1v) is 7.15. The van der Waals surface area contributed by atoms with Gasteiger partial charge in [-0.2, -0.15) is 5.10 Å². The molecule has 19 heavy (non-hydrogen) atoms. The third kappa shape index (κ3) is 2.43. The monoisotopic (exact) mass is 292 g/mol. The molecule has 3 heterocycles. The molecule has 4 nitrogen and oxygen atoms in total. The van der Waals surface area contributed by atoms with Crippen LogP contribution in [0.15, 0.2) is 30.6 Å². The van der Waals surface area contributed by atoms with E-state index in [0.29, 0.717) is 0 Å². The second kappa shape index (κ2) is 4.83. The number of hydrogen-bond acceptors (Lipinski definition) is 4. The number of aromatic nitrogens is 3. The summed E-state index contributed by atoms with van der Waals surface area (Å²) in [6, 6.07) is 6.12. The van der Waals surface area contributed by atoms with Crippen molar-refractivity contribution in [2.75, 3.05) is 5.32 Å². The molecule has 0 fully saturated rings. The zero-order valence-corrected chi connectivity index (χ0v) is 12.2. The van der Waals surface area contributed by atoms with Gasteiger partial charge in [0.25, 0.3) is 0 Å². The molecule has 0 radical (unpaired) electrons. The summed E-state index contributed by atoms with van der Waals surface area (Å²) in [5, 5.41) is 7.78. The molecular formula is C13H13ClN4S. The normalized spacial score (nSPS) is 12.8. The minimum atomic E-state index is 0.159. The van der Waals surface area contributed by atoms with Crippen molar-refractivity contribution in [3.63, 3.8) is 0 Å². The Morgan fingerprint density at radius 1 is 1.42 bits per heavy atom. The lowest BCUT2D eigenvalue weighted by atomic mass is 10.2. The quantitative estimate of drug-likeness (QED) is 0.795. The zero-order valence-electron chi connectivity index (χ0n) is 10.6. The maximum atomic E-state index is 5.97. The molecule has 1 unspecified atom stereocenters. The highest BCUT2D eigenvalue weighted by Crippen LogP contribution is 2.29. The van der Waals surface area contributed by atoms with E-state index in [1.54, 1.807) is 17.5 Å². The van der Waals surface area contributed by atoms with Gasteiger partial charge in [-0.3, -0.25) is 0 Å². The van der Waals surface area contributed by atoms with E-state index in [1.165, 1.54) is 4.88 Å². The Kier molecular flexibility index (Phi) is 3.16. The summed E-state index contributed by atoms with van der Waals surface area (Å²) < 4.78 is 2.63. The van der Waals surface area contributed by atoms with Crippen LogP contribution in [0.1, 0.15) is 23.5 Å². The smallest absolute Gasteiger partial charge is 0.152 e. The van der Waals surface area contributed by atoms with Crippen LogP contribution in [0.2, 0.25) is 4.34 Å². The summed E-state index contributed by atoms with van der Waals surface area (Å²) in [6.07, 6.45) is 3.59. The molecule has 1 atom stereocenters. The summed E-state index contributed by atoms with van der Waals surface area (Å²) in [5.74, 6) is 0.833. The fourth-order valence-corrected chi connectivity index (χ4v) is 3.06. The van der Waals surface area contributed by atoms with Gasteiger partial charge in [0.15, 0.2) is 5.82 Å². The summed E-state index contributed by atoms with van der Waals surface area (Å²) >= 11 is 7.55. The number of nitrogens with zero attached hydrogens (tertiary/aromatic N) is 3. The molecule has 3 aromatic heterocycles. The number of nitrogens with one attached hydrogen (secondary N) is 1. The van der Waals surface area contributed by atoms with Crippen LogP contribution in [0.3, 0.4) is 0 Å².